The third-order valence-corrected chi connectivity index (χ3v) is 2.76. The van der Waals surface area contributed by atoms with Crippen LogP contribution < -0.4 is 0 Å². The van der Waals surface area contributed by atoms with Crippen LogP contribution in [0.2, 0.25) is 0 Å². The lowest BCUT2D eigenvalue weighted by molar-refractivity contribution is -0.136. The minimum Gasteiger partial charge on any atom is -0.481 e. The number of hydrogen-bond donors (Lipinski definition) is 2. The third kappa shape index (κ3) is 1.58. The van der Waals surface area contributed by atoms with Gasteiger partial charge >= 0.3 is 5.97 Å². The van der Waals surface area contributed by atoms with E-state index >= 15 is 0 Å². The van der Waals surface area contributed by atoms with Crippen LogP contribution in [-0.2, 0) is 11.2 Å². The summed E-state index contributed by atoms with van der Waals surface area (Å²) in [7, 11) is 0. The number of H-pyrrole nitrogens is 1. The molecule has 0 atom stereocenters. The molecule has 2 rings (SSSR count). The van der Waals surface area contributed by atoms with Crippen molar-refractivity contribution in [2.75, 3.05) is 0 Å². The van der Waals surface area contributed by atoms with E-state index in [1.54, 1.807) is 6.20 Å². The van der Waals surface area contributed by atoms with Gasteiger partial charge in [0, 0.05) is 5.39 Å². The quantitative estimate of drug-likeness (QED) is 0.784. The second-order valence-electron chi connectivity index (χ2n) is 3.69. The van der Waals surface area contributed by atoms with Crippen LogP contribution in [0.25, 0.3) is 10.9 Å². The molecule has 0 aliphatic carbocycles. The number of nitrogens with one attached hydrogen (secondary N) is 1. The zero-order chi connectivity index (χ0) is 11.0. The van der Waals surface area contributed by atoms with Gasteiger partial charge in [-0.25, -0.2) is 0 Å². The van der Waals surface area contributed by atoms with Gasteiger partial charge < -0.3 is 5.11 Å². The molecule has 0 bridgehead atoms. The summed E-state index contributed by atoms with van der Waals surface area (Å²) in [5.74, 6) is -0.805. The predicted octanol–water partition coefficient (Wildman–Crippen LogP) is 1.81. The summed E-state index contributed by atoms with van der Waals surface area (Å²) in [5.41, 5.74) is 3.94. The number of benzene rings is 1. The number of carboxylic acid groups (broad SMARTS) is 1. The van der Waals surface area contributed by atoms with Gasteiger partial charge in [-0.1, -0.05) is 0 Å². The summed E-state index contributed by atoms with van der Waals surface area (Å²) in [6.07, 6.45) is 1.78. The van der Waals surface area contributed by atoms with Crippen molar-refractivity contribution in [3.8, 4) is 0 Å². The van der Waals surface area contributed by atoms with Gasteiger partial charge in [-0.15, -0.1) is 0 Å². The Balaban J connectivity index is 2.64. The van der Waals surface area contributed by atoms with E-state index in [9.17, 15) is 4.79 Å². The minimum atomic E-state index is -0.805. The Labute approximate surface area is 86.9 Å². The molecule has 78 valence electrons. The lowest BCUT2D eigenvalue weighted by Gasteiger charge is -2.07. The first kappa shape index (κ1) is 9.71. The van der Waals surface area contributed by atoms with Crippen LogP contribution in [0.4, 0.5) is 0 Å². The molecule has 0 saturated carbocycles. The van der Waals surface area contributed by atoms with Crippen molar-refractivity contribution >= 4 is 16.9 Å². The Hall–Kier alpha value is -1.84. The second-order valence-corrected chi connectivity index (χ2v) is 3.69. The topological polar surface area (TPSA) is 66.0 Å². The summed E-state index contributed by atoms with van der Waals surface area (Å²) in [4.78, 5) is 10.7. The summed E-state index contributed by atoms with van der Waals surface area (Å²) < 4.78 is 0. The van der Waals surface area contributed by atoms with E-state index in [2.05, 4.69) is 10.2 Å². The molecule has 1 aromatic carbocycles. The molecule has 15 heavy (non-hydrogen) atoms. The fourth-order valence-electron chi connectivity index (χ4n) is 1.78. The Morgan fingerprint density at radius 1 is 1.47 bits per heavy atom. The standard InChI is InChI=1S/C11H12N2O2/c1-6-7(2)11-9(5-12-13-11)3-8(6)4-10(14)15/h3,5H,4H2,1-2H3,(H,12,13)(H,14,15). The largest absolute Gasteiger partial charge is 0.481 e. The highest BCUT2D eigenvalue weighted by Gasteiger charge is 2.10. The van der Waals surface area contributed by atoms with E-state index in [1.165, 1.54) is 0 Å². The van der Waals surface area contributed by atoms with Gasteiger partial charge in [-0.05, 0) is 36.6 Å². The van der Waals surface area contributed by atoms with Crippen LogP contribution in [0, 0.1) is 13.8 Å². The number of rotatable bonds is 2. The van der Waals surface area contributed by atoms with Gasteiger partial charge in [-0.3, -0.25) is 9.89 Å². The van der Waals surface area contributed by atoms with Gasteiger partial charge in [-0.2, -0.15) is 5.10 Å². The first-order chi connectivity index (χ1) is 7.09. The molecule has 4 heteroatoms. The Morgan fingerprint density at radius 3 is 2.87 bits per heavy atom. The lowest BCUT2D eigenvalue weighted by atomic mass is 9.98. The summed E-state index contributed by atoms with van der Waals surface area (Å²) in [6.45, 7) is 3.91. The summed E-state index contributed by atoms with van der Waals surface area (Å²) in [6, 6.07) is 1.88. The zero-order valence-corrected chi connectivity index (χ0v) is 8.66. The van der Waals surface area contributed by atoms with Crippen LogP contribution in [-0.4, -0.2) is 21.3 Å². The maximum absolute atomic E-state index is 10.7. The predicted molar refractivity (Wildman–Crippen MR) is 56.9 cm³/mol. The number of nitrogens with zero attached hydrogens (tertiary/aromatic N) is 1. The van der Waals surface area contributed by atoms with E-state index < -0.39 is 5.97 Å². The van der Waals surface area contributed by atoms with Gasteiger partial charge in [0.25, 0.3) is 0 Å². The van der Waals surface area contributed by atoms with Crippen LogP contribution in [0.15, 0.2) is 12.3 Å². The Kier molecular flexibility index (Phi) is 2.19. The SMILES string of the molecule is Cc1c(CC(=O)O)cc2cn[nH]c2c1C. The molecular weight excluding hydrogens is 192 g/mol. The zero-order valence-electron chi connectivity index (χ0n) is 8.66. The average Bonchev–Trinajstić information content (AvgIpc) is 2.61. The van der Waals surface area contributed by atoms with Gasteiger partial charge in [0.1, 0.15) is 0 Å². The molecule has 0 amide bonds. The van der Waals surface area contributed by atoms with Crippen molar-refractivity contribution in [2.24, 2.45) is 0 Å². The molecule has 0 fully saturated rings. The maximum Gasteiger partial charge on any atom is 0.307 e. The average molecular weight is 204 g/mol. The fraction of sp³-hybridized carbons (Fsp3) is 0.273. The molecule has 0 saturated heterocycles. The summed E-state index contributed by atoms with van der Waals surface area (Å²) in [5, 5.41) is 16.6. The number of carboxylic acids is 1. The van der Waals surface area contributed by atoms with Crippen LogP contribution in [0.3, 0.4) is 0 Å². The third-order valence-electron chi connectivity index (χ3n) is 2.76. The minimum absolute atomic E-state index is 0.0633. The van der Waals surface area contributed by atoms with E-state index in [0.717, 1.165) is 27.6 Å². The number of hydrogen-bond acceptors (Lipinski definition) is 2. The number of aromatic nitrogens is 2. The molecule has 0 aliphatic rings. The number of aliphatic carboxylic acids is 1. The van der Waals surface area contributed by atoms with E-state index in [1.807, 2.05) is 19.9 Å². The highest BCUT2D eigenvalue weighted by molar-refractivity contribution is 5.85. The molecule has 0 unspecified atom stereocenters. The molecule has 1 heterocycles. The number of carbonyl (C=O) groups is 1. The normalized spacial score (nSPS) is 10.8. The Bertz CT molecular complexity index is 529. The highest BCUT2D eigenvalue weighted by atomic mass is 16.4. The number of aryl methyl sites for hydroxylation is 1. The Morgan fingerprint density at radius 2 is 2.20 bits per heavy atom. The van der Waals surface area contributed by atoms with Crippen LogP contribution >= 0.6 is 0 Å². The van der Waals surface area contributed by atoms with Crippen molar-refractivity contribution in [1.29, 1.82) is 0 Å². The molecule has 0 radical (unpaired) electrons. The van der Waals surface area contributed by atoms with E-state index in [-0.39, 0.29) is 6.42 Å². The van der Waals surface area contributed by atoms with Gasteiger partial charge in [0.05, 0.1) is 18.1 Å². The van der Waals surface area contributed by atoms with Crippen LogP contribution in [0.5, 0.6) is 0 Å². The van der Waals surface area contributed by atoms with Crippen molar-refractivity contribution in [1.82, 2.24) is 10.2 Å². The van der Waals surface area contributed by atoms with Crippen molar-refractivity contribution in [3.63, 3.8) is 0 Å². The van der Waals surface area contributed by atoms with E-state index in [4.69, 9.17) is 5.11 Å². The number of fused-ring (bicyclic) bond motifs is 1. The molecule has 0 spiro atoms. The summed E-state index contributed by atoms with van der Waals surface area (Å²) >= 11 is 0. The van der Waals surface area contributed by atoms with Gasteiger partial charge in [0.2, 0.25) is 0 Å². The van der Waals surface area contributed by atoms with Crippen molar-refractivity contribution in [2.45, 2.75) is 20.3 Å². The van der Waals surface area contributed by atoms with Gasteiger partial charge in [0.15, 0.2) is 0 Å². The fourth-order valence-corrected chi connectivity index (χ4v) is 1.78. The van der Waals surface area contributed by atoms with E-state index in [0.29, 0.717) is 0 Å². The van der Waals surface area contributed by atoms with Crippen molar-refractivity contribution in [3.05, 3.63) is 29.0 Å². The first-order valence-electron chi connectivity index (χ1n) is 4.73. The van der Waals surface area contributed by atoms with Crippen molar-refractivity contribution < 1.29 is 9.90 Å². The molecule has 2 aromatic rings. The first-order valence-corrected chi connectivity index (χ1v) is 4.73. The molecule has 1 aromatic heterocycles. The van der Waals surface area contributed by atoms with Crippen LogP contribution in [0.1, 0.15) is 16.7 Å². The monoisotopic (exact) mass is 204 g/mol. The smallest absolute Gasteiger partial charge is 0.307 e. The highest BCUT2D eigenvalue weighted by Crippen LogP contribution is 2.23. The molecule has 4 nitrogen and oxygen atoms in total. The number of aromatic amines is 1. The molecule has 2 N–H and O–H groups in total. The maximum atomic E-state index is 10.7. The second kappa shape index (κ2) is 3.38. The molecular formula is C11H12N2O2. The lowest BCUT2D eigenvalue weighted by Crippen LogP contribution is -2.03. The molecule has 0 aliphatic heterocycles.